The molecule has 1 aromatic carbocycles. The molecule has 3 rings (SSSR count). The van der Waals surface area contributed by atoms with Crippen molar-refractivity contribution in [3.05, 3.63) is 22.7 Å². The Morgan fingerprint density at radius 2 is 2.21 bits per heavy atom. The lowest BCUT2D eigenvalue weighted by atomic mass is 10.0. The van der Waals surface area contributed by atoms with Gasteiger partial charge < -0.3 is 20.6 Å². The van der Waals surface area contributed by atoms with Crippen molar-refractivity contribution in [3.8, 4) is 0 Å². The largest absolute Gasteiger partial charge is 0.480 e. The zero-order chi connectivity index (χ0) is 13.6. The lowest BCUT2D eigenvalue weighted by molar-refractivity contribution is -0.139. The predicted octanol–water partition coefficient (Wildman–Crippen LogP) is 0.633. The average Bonchev–Trinajstić information content (AvgIpc) is 2.37. The molecule has 3 N–H and O–H groups in total. The van der Waals surface area contributed by atoms with E-state index >= 15 is 0 Å². The number of hydrogen-bond donors (Lipinski definition) is 3. The highest BCUT2D eigenvalue weighted by molar-refractivity contribution is 9.10. The number of hydrogen-bond acceptors (Lipinski definition) is 4. The number of nitrogens with one attached hydrogen (secondary N) is 2. The summed E-state index contributed by atoms with van der Waals surface area (Å²) in [7, 11) is 0. The maximum absolute atomic E-state index is 12.1. The molecule has 0 aliphatic carbocycles. The lowest BCUT2D eigenvalue weighted by Crippen LogP contribution is -2.65. The third-order valence-electron chi connectivity index (χ3n) is 3.43. The SMILES string of the molecule is O=C1Nc2cc(Br)ccc2N2C1CNC[C@H]2C(=O)O. The van der Waals surface area contributed by atoms with Crippen LogP contribution in [0.1, 0.15) is 0 Å². The predicted molar refractivity (Wildman–Crippen MR) is 73.3 cm³/mol. The van der Waals surface area contributed by atoms with E-state index < -0.39 is 18.1 Å². The summed E-state index contributed by atoms with van der Waals surface area (Å²) in [6.45, 7) is 0.778. The van der Waals surface area contributed by atoms with Gasteiger partial charge in [0.15, 0.2) is 0 Å². The number of anilines is 2. The maximum atomic E-state index is 12.1. The van der Waals surface area contributed by atoms with E-state index in [1.54, 1.807) is 11.0 Å². The molecule has 0 saturated carbocycles. The number of carboxylic acid groups (broad SMARTS) is 1. The topological polar surface area (TPSA) is 81.7 Å². The molecule has 1 aromatic rings. The van der Waals surface area contributed by atoms with Crippen LogP contribution in [0.2, 0.25) is 0 Å². The third-order valence-corrected chi connectivity index (χ3v) is 3.92. The minimum absolute atomic E-state index is 0.177. The van der Waals surface area contributed by atoms with Gasteiger partial charge in [-0.2, -0.15) is 0 Å². The zero-order valence-corrected chi connectivity index (χ0v) is 11.5. The first-order valence-corrected chi connectivity index (χ1v) is 6.69. The van der Waals surface area contributed by atoms with E-state index in [9.17, 15) is 14.7 Å². The van der Waals surface area contributed by atoms with E-state index in [-0.39, 0.29) is 5.91 Å². The van der Waals surface area contributed by atoms with Crippen molar-refractivity contribution < 1.29 is 14.7 Å². The van der Waals surface area contributed by atoms with Gasteiger partial charge in [-0.15, -0.1) is 0 Å². The fourth-order valence-electron chi connectivity index (χ4n) is 2.58. The molecule has 100 valence electrons. The maximum Gasteiger partial charge on any atom is 0.327 e. The van der Waals surface area contributed by atoms with Crippen LogP contribution in [-0.4, -0.2) is 42.2 Å². The number of carboxylic acids is 1. The summed E-state index contributed by atoms with van der Waals surface area (Å²) < 4.78 is 0.840. The Balaban J connectivity index is 2.10. The summed E-state index contributed by atoms with van der Waals surface area (Å²) in [6.07, 6.45) is 0. The Hall–Kier alpha value is -1.60. The fraction of sp³-hybridized carbons (Fsp3) is 0.333. The van der Waals surface area contributed by atoms with Crippen LogP contribution in [0.3, 0.4) is 0 Å². The van der Waals surface area contributed by atoms with Crippen LogP contribution < -0.4 is 15.5 Å². The smallest absolute Gasteiger partial charge is 0.327 e. The first kappa shape index (κ1) is 12.4. The van der Waals surface area contributed by atoms with Gasteiger partial charge in [-0.05, 0) is 18.2 Å². The van der Waals surface area contributed by atoms with Crippen molar-refractivity contribution in [1.29, 1.82) is 0 Å². The molecule has 1 unspecified atom stereocenters. The number of fused-ring (bicyclic) bond motifs is 3. The summed E-state index contributed by atoms with van der Waals surface area (Å²) >= 11 is 3.34. The number of amides is 1. The standard InChI is InChI=1S/C12H12BrN3O3/c13-6-1-2-8-7(3-6)15-11(17)9-4-14-5-10(12(18)19)16(8)9/h1-3,9-10,14H,4-5H2,(H,15,17)(H,18,19)/t9?,10-/m0/s1. The molecule has 19 heavy (non-hydrogen) atoms. The summed E-state index contributed by atoms with van der Waals surface area (Å²) in [5.74, 6) is -1.11. The van der Waals surface area contributed by atoms with Crippen LogP contribution in [0.4, 0.5) is 11.4 Å². The number of carbonyl (C=O) groups is 2. The normalized spacial score (nSPS) is 25.3. The number of piperazine rings is 1. The van der Waals surface area contributed by atoms with Crippen LogP contribution in [0.25, 0.3) is 0 Å². The van der Waals surface area contributed by atoms with E-state index in [4.69, 9.17) is 0 Å². The number of nitrogens with zero attached hydrogens (tertiary/aromatic N) is 1. The third kappa shape index (κ3) is 1.98. The number of aliphatic carboxylic acids is 1. The van der Waals surface area contributed by atoms with Crippen LogP contribution in [0, 0.1) is 0 Å². The minimum Gasteiger partial charge on any atom is -0.480 e. The molecule has 0 aromatic heterocycles. The molecule has 2 aliphatic heterocycles. The number of halogens is 1. The molecular formula is C12H12BrN3O3. The first-order chi connectivity index (χ1) is 9.08. The van der Waals surface area contributed by atoms with E-state index in [2.05, 4.69) is 26.6 Å². The molecule has 7 heteroatoms. The Kier molecular flexibility index (Phi) is 2.94. The van der Waals surface area contributed by atoms with Crippen LogP contribution in [-0.2, 0) is 9.59 Å². The van der Waals surface area contributed by atoms with Crippen molar-refractivity contribution >= 4 is 39.2 Å². The van der Waals surface area contributed by atoms with Gasteiger partial charge in [0.2, 0.25) is 5.91 Å². The van der Waals surface area contributed by atoms with Gasteiger partial charge in [0.1, 0.15) is 12.1 Å². The molecule has 0 radical (unpaired) electrons. The second-order valence-corrected chi connectivity index (χ2v) is 5.50. The highest BCUT2D eigenvalue weighted by Crippen LogP contribution is 2.36. The minimum atomic E-state index is -0.930. The molecule has 1 amide bonds. The summed E-state index contributed by atoms with van der Waals surface area (Å²) in [4.78, 5) is 25.1. The van der Waals surface area contributed by atoms with Gasteiger partial charge >= 0.3 is 5.97 Å². The first-order valence-electron chi connectivity index (χ1n) is 5.90. The van der Waals surface area contributed by atoms with Crippen molar-refractivity contribution in [2.45, 2.75) is 12.1 Å². The number of rotatable bonds is 1. The van der Waals surface area contributed by atoms with Gasteiger partial charge in [-0.3, -0.25) is 4.79 Å². The summed E-state index contributed by atoms with van der Waals surface area (Å²) in [5, 5.41) is 15.1. The fourth-order valence-corrected chi connectivity index (χ4v) is 2.94. The molecule has 6 nitrogen and oxygen atoms in total. The lowest BCUT2D eigenvalue weighted by Gasteiger charge is -2.44. The van der Waals surface area contributed by atoms with Gasteiger partial charge in [0.05, 0.1) is 11.4 Å². The highest BCUT2D eigenvalue weighted by Gasteiger charge is 2.42. The quantitative estimate of drug-likeness (QED) is 0.705. The second-order valence-electron chi connectivity index (χ2n) is 4.59. The Bertz CT molecular complexity index is 563. The molecule has 1 saturated heterocycles. The van der Waals surface area contributed by atoms with E-state index in [1.807, 2.05) is 12.1 Å². The molecule has 2 heterocycles. The van der Waals surface area contributed by atoms with Gasteiger partial charge in [-0.1, -0.05) is 15.9 Å². The van der Waals surface area contributed by atoms with Crippen LogP contribution in [0.5, 0.6) is 0 Å². The number of benzene rings is 1. The number of carbonyl (C=O) groups excluding carboxylic acids is 1. The molecule has 0 bridgehead atoms. The molecule has 2 aliphatic rings. The van der Waals surface area contributed by atoms with Crippen molar-refractivity contribution in [3.63, 3.8) is 0 Å². The molecule has 0 spiro atoms. The summed E-state index contributed by atoms with van der Waals surface area (Å²) in [6, 6.07) is 4.24. The van der Waals surface area contributed by atoms with Crippen LogP contribution in [0.15, 0.2) is 22.7 Å². The monoisotopic (exact) mass is 325 g/mol. The summed E-state index contributed by atoms with van der Waals surface area (Å²) in [5.41, 5.74) is 1.39. The highest BCUT2D eigenvalue weighted by atomic mass is 79.9. The van der Waals surface area contributed by atoms with Crippen molar-refractivity contribution in [2.75, 3.05) is 23.3 Å². The van der Waals surface area contributed by atoms with Crippen molar-refractivity contribution in [1.82, 2.24) is 5.32 Å². The Labute approximate surface area is 117 Å². The van der Waals surface area contributed by atoms with Gasteiger partial charge in [0, 0.05) is 17.6 Å². The average molecular weight is 326 g/mol. The Morgan fingerprint density at radius 3 is 2.95 bits per heavy atom. The molecule has 1 fully saturated rings. The van der Waals surface area contributed by atoms with E-state index in [0.717, 1.165) is 10.2 Å². The molecule has 2 atom stereocenters. The van der Waals surface area contributed by atoms with E-state index in [0.29, 0.717) is 18.8 Å². The zero-order valence-electron chi connectivity index (χ0n) is 9.89. The second kappa shape index (κ2) is 4.50. The van der Waals surface area contributed by atoms with Gasteiger partial charge in [0.25, 0.3) is 0 Å². The molecular weight excluding hydrogens is 314 g/mol. The van der Waals surface area contributed by atoms with Gasteiger partial charge in [-0.25, -0.2) is 4.79 Å². The van der Waals surface area contributed by atoms with Crippen LogP contribution >= 0.6 is 15.9 Å². The van der Waals surface area contributed by atoms with Crippen molar-refractivity contribution in [2.24, 2.45) is 0 Å². The Morgan fingerprint density at radius 1 is 1.42 bits per heavy atom. The van der Waals surface area contributed by atoms with E-state index in [1.165, 1.54) is 0 Å².